The Morgan fingerprint density at radius 1 is 1.52 bits per heavy atom. The Hall–Kier alpha value is -1.20. The molecule has 21 heavy (non-hydrogen) atoms. The van der Waals surface area contributed by atoms with Gasteiger partial charge in [-0.05, 0) is 56.1 Å². The van der Waals surface area contributed by atoms with Crippen LogP contribution in [-0.4, -0.2) is 40.3 Å². The van der Waals surface area contributed by atoms with Crippen LogP contribution in [0, 0.1) is 0 Å². The van der Waals surface area contributed by atoms with Gasteiger partial charge in [0.1, 0.15) is 0 Å². The van der Waals surface area contributed by atoms with Gasteiger partial charge in [-0.3, -0.25) is 4.98 Å². The first-order valence-corrected chi connectivity index (χ1v) is 8.15. The van der Waals surface area contributed by atoms with Crippen molar-refractivity contribution in [2.75, 3.05) is 13.2 Å². The maximum absolute atomic E-state index is 5.76. The third kappa shape index (κ3) is 5.25. The van der Waals surface area contributed by atoms with E-state index in [0.717, 1.165) is 44.1 Å². The molecule has 0 bridgehead atoms. The smallest absolute Gasteiger partial charge is 0.169 e. The van der Waals surface area contributed by atoms with Gasteiger partial charge in [0, 0.05) is 38.1 Å². The summed E-state index contributed by atoms with van der Waals surface area (Å²) in [5, 5.41) is 4.23. The molecular weight excluding hydrogens is 282 g/mol. The molecule has 2 rings (SSSR count). The summed E-state index contributed by atoms with van der Waals surface area (Å²) in [6.07, 6.45) is 7.28. The molecule has 0 saturated carbocycles. The number of hydrogen-bond donors (Lipinski definition) is 1. The molecule has 0 amide bonds. The Morgan fingerprint density at radius 3 is 2.90 bits per heavy atom. The topological polar surface area (TPSA) is 37.4 Å². The molecule has 1 saturated heterocycles. The fourth-order valence-corrected chi connectivity index (χ4v) is 2.71. The van der Waals surface area contributed by atoms with Gasteiger partial charge >= 0.3 is 0 Å². The fraction of sp³-hybridized carbons (Fsp3) is 0.625. The average Bonchev–Trinajstić information content (AvgIpc) is 3.00. The molecule has 4 nitrogen and oxygen atoms in total. The monoisotopic (exact) mass is 307 g/mol. The molecule has 2 heterocycles. The molecule has 1 aromatic rings. The van der Waals surface area contributed by atoms with Crippen molar-refractivity contribution >= 4 is 17.3 Å². The van der Waals surface area contributed by atoms with Crippen LogP contribution in [0.4, 0.5) is 0 Å². The number of thiocarbonyl (C=S) groups is 1. The van der Waals surface area contributed by atoms with Crippen LogP contribution in [0.1, 0.15) is 38.7 Å². The summed E-state index contributed by atoms with van der Waals surface area (Å²) >= 11 is 5.60. The first-order chi connectivity index (χ1) is 10.2. The third-order valence-electron chi connectivity index (χ3n) is 3.84. The van der Waals surface area contributed by atoms with Gasteiger partial charge < -0.3 is 15.0 Å². The van der Waals surface area contributed by atoms with Gasteiger partial charge in [-0.25, -0.2) is 0 Å². The molecule has 1 aliphatic rings. The minimum atomic E-state index is 0.295. The standard InChI is InChI=1S/C16H25N3OS/c1-3-13(2)18-16(21)19(12-15-5-4-10-20-15)11-14-6-8-17-9-7-14/h6-9,13,15H,3-5,10-12H2,1-2H3,(H,18,21). The Balaban J connectivity index is 2.00. The largest absolute Gasteiger partial charge is 0.376 e. The van der Waals surface area contributed by atoms with Crippen molar-refractivity contribution < 1.29 is 4.74 Å². The van der Waals surface area contributed by atoms with E-state index in [-0.39, 0.29) is 0 Å². The maximum Gasteiger partial charge on any atom is 0.169 e. The van der Waals surface area contributed by atoms with E-state index < -0.39 is 0 Å². The molecule has 0 aliphatic carbocycles. The van der Waals surface area contributed by atoms with Gasteiger partial charge in [0.05, 0.1) is 6.10 Å². The highest BCUT2D eigenvalue weighted by Crippen LogP contribution is 2.15. The highest BCUT2D eigenvalue weighted by molar-refractivity contribution is 7.80. The van der Waals surface area contributed by atoms with Crippen LogP contribution in [-0.2, 0) is 11.3 Å². The summed E-state index contributed by atoms with van der Waals surface area (Å²) in [4.78, 5) is 6.29. The van der Waals surface area contributed by atoms with Crippen LogP contribution in [0.15, 0.2) is 24.5 Å². The van der Waals surface area contributed by atoms with Crippen molar-refractivity contribution in [3.8, 4) is 0 Å². The van der Waals surface area contributed by atoms with E-state index in [2.05, 4.69) is 29.0 Å². The first-order valence-electron chi connectivity index (χ1n) is 7.75. The zero-order valence-electron chi connectivity index (χ0n) is 12.9. The highest BCUT2D eigenvalue weighted by atomic mass is 32.1. The summed E-state index contributed by atoms with van der Waals surface area (Å²) in [7, 11) is 0. The SMILES string of the molecule is CCC(C)NC(=S)N(Cc1ccncc1)CC1CCCO1. The average molecular weight is 307 g/mol. The molecule has 1 fully saturated rings. The van der Waals surface area contributed by atoms with Crippen LogP contribution in [0.3, 0.4) is 0 Å². The van der Waals surface area contributed by atoms with Crippen molar-refractivity contribution in [1.29, 1.82) is 0 Å². The van der Waals surface area contributed by atoms with Gasteiger partial charge in [0.15, 0.2) is 5.11 Å². The summed E-state index contributed by atoms with van der Waals surface area (Å²) in [5.74, 6) is 0. The first kappa shape index (κ1) is 16.2. The lowest BCUT2D eigenvalue weighted by molar-refractivity contribution is 0.0896. The van der Waals surface area contributed by atoms with Crippen molar-refractivity contribution in [2.24, 2.45) is 0 Å². The predicted molar refractivity (Wildman–Crippen MR) is 89.1 cm³/mol. The Labute approximate surface area is 132 Å². The maximum atomic E-state index is 5.76. The summed E-state index contributed by atoms with van der Waals surface area (Å²) in [6.45, 7) is 6.84. The van der Waals surface area contributed by atoms with Crippen LogP contribution in [0.5, 0.6) is 0 Å². The molecule has 2 atom stereocenters. The number of hydrogen-bond acceptors (Lipinski definition) is 3. The van der Waals surface area contributed by atoms with Crippen LogP contribution < -0.4 is 5.32 Å². The van der Waals surface area contributed by atoms with Crippen molar-refractivity contribution in [1.82, 2.24) is 15.2 Å². The van der Waals surface area contributed by atoms with E-state index in [1.165, 1.54) is 5.56 Å². The van der Waals surface area contributed by atoms with E-state index in [9.17, 15) is 0 Å². The summed E-state index contributed by atoms with van der Waals surface area (Å²) in [6, 6.07) is 4.46. The lowest BCUT2D eigenvalue weighted by atomic mass is 10.2. The molecule has 5 heteroatoms. The zero-order chi connectivity index (χ0) is 15.1. The van der Waals surface area contributed by atoms with Crippen molar-refractivity contribution in [3.63, 3.8) is 0 Å². The number of aromatic nitrogens is 1. The number of ether oxygens (including phenoxy) is 1. The van der Waals surface area contributed by atoms with Gasteiger partial charge in [-0.15, -0.1) is 0 Å². The van der Waals surface area contributed by atoms with Gasteiger partial charge in [-0.2, -0.15) is 0 Å². The van der Waals surface area contributed by atoms with Gasteiger partial charge in [-0.1, -0.05) is 6.92 Å². The molecule has 0 radical (unpaired) electrons. The lowest BCUT2D eigenvalue weighted by Crippen LogP contribution is -2.45. The Kier molecular flexibility index (Phi) is 6.39. The summed E-state index contributed by atoms with van der Waals surface area (Å²) < 4.78 is 5.76. The second-order valence-corrected chi connectivity index (χ2v) is 6.02. The number of pyridine rings is 1. The lowest BCUT2D eigenvalue weighted by Gasteiger charge is -2.30. The molecular formula is C16H25N3OS. The summed E-state index contributed by atoms with van der Waals surface area (Å²) in [5.41, 5.74) is 1.22. The second-order valence-electron chi connectivity index (χ2n) is 5.63. The molecule has 116 valence electrons. The van der Waals surface area contributed by atoms with Crippen LogP contribution >= 0.6 is 12.2 Å². The normalized spacial score (nSPS) is 19.2. The number of nitrogens with one attached hydrogen (secondary N) is 1. The number of nitrogens with zero attached hydrogens (tertiary/aromatic N) is 2. The van der Waals surface area contributed by atoms with E-state index in [1.807, 2.05) is 24.5 Å². The third-order valence-corrected chi connectivity index (χ3v) is 4.22. The Morgan fingerprint density at radius 2 is 2.29 bits per heavy atom. The van der Waals surface area contributed by atoms with E-state index >= 15 is 0 Å². The minimum absolute atomic E-state index is 0.295. The van der Waals surface area contributed by atoms with E-state index in [1.54, 1.807) is 0 Å². The molecule has 1 N–H and O–H groups in total. The number of rotatable bonds is 6. The quantitative estimate of drug-likeness (QED) is 0.818. The Bertz CT molecular complexity index is 434. The second kappa shape index (κ2) is 8.29. The van der Waals surface area contributed by atoms with Gasteiger partial charge in [0.2, 0.25) is 0 Å². The zero-order valence-corrected chi connectivity index (χ0v) is 13.7. The van der Waals surface area contributed by atoms with Crippen LogP contribution in [0.25, 0.3) is 0 Å². The van der Waals surface area contributed by atoms with Gasteiger partial charge in [0.25, 0.3) is 0 Å². The fourth-order valence-electron chi connectivity index (χ4n) is 2.37. The predicted octanol–water partition coefficient (Wildman–Crippen LogP) is 2.74. The molecule has 0 aromatic carbocycles. The molecule has 2 unspecified atom stereocenters. The molecule has 1 aliphatic heterocycles. The van der Waals surface area contributed by atoms with Crippen molar-refractivity contribution in [2.45, 2.75) is 51.8 Å². The van der Waals surface area contributed by atoms with E-state index in [0.29, 0.717) is 12.1 Å². The van der Waals surface area contributed by atoms with E-state index in [4.69, 9.17) is 17.0 Å². The highest BCUT2D eigenvalue weighted by Gasteiger charge is 2.21. The molecule has 1 aromatic heterocycles. The van der Waals surface area contributed by atoms with Crippen molar-refractivity contribution in [3.05, 3.63) is 30.1 Å². The minimum Gasteiger partial charge on any atom is -0.376 e. The molecule has 0 spiro atoms. The van der Waals surface area contributed by atoms with Crippen LogP contribution in [0.2, 0.25) is 0 Å².